The monoisotopic (exact) mass is 331 g/mol. The molecular formula is C13H9BrClF2N. The van der Waals surface area contributed by atoms with E-state index in [1.54, 1.807) is 24.3 Å². The molecule has 1 atom stereocenters. The molecule has 2 N–H and O–H groups in total. The van der Waals surface area contributed by atoms with E-state index in [1.165, 1.54) is 6.07 Å². The molecule has 0 spiro atoms. The second-order valence-corrected chi connectivity index (χ2v) is 5.03. The minimum absolute atomic E-state index is 0.0370. The minimum atomic E-state index is -0.940. The maximum Gasteiger partial charge on any atom is 0.173 e. The van der Waals surface area contributed by atoms with E-state index in [2.05, 4.69) is 15.9 Å². The van der Waals surface area contributed by atoms with Crippen molar-refractivity contribution in [2.75, 3.05) is 0 Å². The second-order valence-electron chi connectivity index (χ2n) is 3.80. The van der Waals surface area contributed by atoms with Crippen LogP contribution in [0.1, 0.15) is 17.2 Å². The van der Waals surface area contributed by atoms with Crippen LogP contribution in [0, 0.1) is 11.6 Å². The van der Waals surface area contributed by atoms with E-state index < -0.39 is 17.7 Å². The number of nitrogens with two attached hydrogens (primary N) is 1. The molecule has 5 heteroatoms. The van der Waals surface area contributed by atoms with Gasteiger partial charge in [0.15, 0.2) is 11.6 Å². The Morgan fingerprint density at radius 3 is 2.56 bits per heavy atom. The summed E-state index contributed by atoms with van der Waals surface area (Å²) >= 11 is 8.89. The van der Waals surface area contributed by atoms with Gasteiger partial charge in [-0.05, 0) is 45.3 Å². The maximum absolute atomic E-state index is 13.4. The summed E-state index contributed by atoms with van der Waals surface area (Å²) in [4.78, 5) is 0. The van der Waals surface area contributed by atoms with Gasteiger partial charge >= 0.3 is 0 Å². The molecule has 0 radical (unpaired) electrons. The van der Waals surface area contributed by atoms with E-state index >= 15 is 0 Å². The van der Waals surface area contributed by atoms with Crippen molar-refractivity contribution in [2.45, 2.75) is 6.04 Å². The smallest absolute Gasteiger partial charge is 0.173 e. The molecule has 1 nitrogen and oxygen atoms in total. The zero-order valence-electron chi connectivity index (χ0n) is 9.13. The summed E-state index contributed by atoms with van der Waals surface area (Å²) < 4.78 is 26.5. The summed E-state index contributed by atoms with van der Waals surface area (Å²) in [6, 6.07) is 8.88. The predicted octanol–water partition coefficient (Wildman–Crippen LogP) is 4.43. The Hall–Kier alpha value is -0.970. The molecule has 0 saturated carbocycles. The third kappa shape index (κ3) is 2.55. The Bertz CT molecular complexity index is 589. The van der Waals surface area contributed by atoms with Gasteiger partial charge in [-0.25, -0.2) is 8.78 Å². The fourth-order valence-corrected chi connectivity index (χ4v) is 2.43. The summed E-state index contributed by atoms with van der Waals surface area (Å²) in [6.45, 7) is 0. The lowest BCUT2D eigenvalue weighted by Gasteiger charge is -2.15. The normalized spacial score (nSPS) is 12.5. The lowest BCUT2D eigenvalue weighted by Crippen LogP contribution is -2.13. The molecule has 0 aliphatic rings. The van der Waals surface area contributed by atoms with Gasteiger partial charge in [0.1, 0.15) is 0 Å². The molecule has 0 amide bonds. The highest BCUT2D eigenvalue weighted by Gasteiger charge is 2.17. The molecular weight excluding hydrogens is 324 g/mol. The van der Waals surface area contributed by atoms with Gasteiger partial charge < -0.3 is 5.73 Å². The molecule has 0 aliphatic heterocycles. The predicted molar refractivity (Wildman–Crippen MR) is 71.5 cm³/mol. The van der Waals surface area contributed by atoms with E-state index in [4.69, 9.17) is 17.3 Å². The molecule has 0 bridgehead atoms. The first-order valence-electron chi connectivity index (χ1n) is 5.15. The van der Waals surface area contributed by atoms with Crippen LogP contribution in [0.25, 0.3) is 0 Å². The topological polar surface area (TPSA) is 26.0 Å². The van der Waals surface area contributed by atoms with Crippen molar-refractivity contribution in [3.8, 4) is 0 Å². The average molecular weight is 333 g/mol. The van der Waals surface area contributed by atoms with Crippen LogP contribution in [0.2, 0.25) is 5.02 Å². The Morgan fingerprint density at radius 1 is 1.17 bits per heavy atom. The van der Waals surface area contributed by atoms with E-state index in [0.717, 1.165) is 11.6 Å². The average Bonchev–Trinajstić information content (AvgIpc) is 2.35. The Labute approximate surface area is 117 Å². The van der Waals surface area contributed by atoms with Crippen molar-refractivity contribution in [2.24, 2.45) is 5.73 Å². The van der Waals surface area contributed by atoms with Crippen LogP contribution in [0.5, 0.6) is 0 Å². The Morgan fingerprint density at radius 2 is 1.89 bits per heavy atom. The largest absolute Gasteiger partial charge is 0.320 e. The fraction of sp³-hybridized carbons (Fsp3) is 0.0769. The number of rotatable bonds is 2. The highest BCUT2D eigenvalue weighted by Crippen LogP contribution is 2.30. The number of hydrogen-bond acceptors (Lipinski definition) is 1. The summed E-state index contributed by atoms with van der Waals surface area (Å²) in [5, 5.41) is 0.543. The van der Waals surface area contributed by atoms with Crippen molar-refractivity contribution in [3.05, 3.63) is 68.7 Å². The van der Waals surface area contributed by atoms with E-state index in [1.807, 2.05) is 0 Å². The van der Waals surface area contributed by atoms with Gasteiger partial charge in [-0.3, -0.25) is 0 Å². The van der Waals surface area contributed by atoms with Gasteiger partial charge in [-0.15, -0.1) is 0 Å². The summed E-state index contributed by atoms with van der Waals surface area (Å²) in [6.07, 6.45) is 0. The molecule has 0 saturated heterocycles. The van der Waals surface area contributed by atoms with E-state index in [9.17, 15) is 8.78 Å². The van der Waals surface area contributed by atoms with Crippen LogP contribution >= 0.6 is 27.5 Å². The third-order valence-corrected chi connectivity index (χ3v) is 3.65. The lowest BCUT2D eigenvalue weighted by atomic mass is 9.99. The molecule has 18 heavy (non-hydrogen) atoms. The van der Waals surface area contributed by atoms with Crippen LogP contribution < -0.4 is 5.73 Å². The van der Waals surface area contributed by atoms with E-state index in [-0.39, 0.29) is 4.47 Å². The standard InChI is InChI=1S/C13H9BrClF2N/c14-11-9(4-5-10(16)12(11)17)13(18)7-2-1-3-8(15)6-7/h1-6,13H,18H2. The van der Waals surface area contributed by atoms with Gasteiger partial charge in [-0.1, -0.05) is 29.8 Å². The number of benzene rings is 2. The number of halogens is 4. The van der Waals surface area contributed by atoms with Crippen molar-refractivity contribution in [3.63, 3.8) is 0 Å². The molecule has 0 fully saturated rings. The Kier molecular flexibility index (Phi) is 4.00. The molecule has 0 aliphatic carbocycles. The highest BCUT2D eigenvalue weighted by atomic mass is 79.9. The lowest BCUT2D eigenvalue weighted by molar-refractivity contribution is 0.501. The Balaban J connectivity index is 2.46. The second kappa shape index (κ2) is 5.34. The van der Waals surface area contributed by atoms with Crippen molar-refractivity contribution in [1.29, 1.82) is 0 Å². The van der Waals surface area contributed by atoms with Crippen LogP contribution in [0.15, 0.2) is 40.9 Å². The van der Waals surface area contributed by atoms with Crippen LogP contribution in [0.4, 0.5) is 8.78 Å². The zero-order chi connectivity index (χ0) is 13.3. The van der Waals surface area contributed by atoms with Crippen molar-refractivity contribution in [1.82, 2.24) is 0 Å². The van der Waals surface area contributed by atoms with Crippen LogP contribution in [-0.4, -0.2) is 0 Å². The summed E-state index contributed by atoms with van der Waals surface area (Å²) in [7, 11) is 0. The molecule has 1 unspecified atom stereocenters. The molecule has 2 aromatic rings. The molecule has 0 heterocycles. The summed E-state index contributed by atoms with van der Waals surface area (Å²) in [5.41, 5.74) is 7.23. The summed E-state index contributed by atoms with van der Waals surface area (Å²) in [5.74, 6) is -1.85. The minimum Gasteiger partial charge on any atom is -0.320 e. The molecule has 94 valence electrons. The molecule has 0 aromatic heterocycles. The fourth-order valence-electron chi connectivity index (χ4n) is 1.66. The van der Waals surface area contributed by atoms with Crippen LogP contribution in [0.3, 0.4) is 0 Å². The SMILES string of the molecule is NC(c1cccc(Cl)c1)c1ccc(F)c(F)c1Br. The molecule has 2 rings (SSSR count). The van der Waals surface area contributed by atoms with Crippen molar-refractivity contribution < 1.29 is 8.78 Å². The van der Waals surface area contributed by atoms with E-state index in [0.29, 0.717) is 10.6 Å². The van der Waals surface area contributed by atoms with Gasteiger partial charge in [0.2, 0.25) is 0 Å². The quantitative estimate of drug-likeness (QED) is 0.809. The van der Waals surface area contributed by atoms with Gasteiger partial charge in [0, 0.05) is 5.02 Å². The maximum atomic E-state index is 13.4. The number of hydrogen-bond donors (Lipinski definition) is 1. The van der Waals surface area contributed by atoms with Crippen molar-refractivity contribution >= 4 is 27.5 Å². The highest BCUT2D eigenvalue weighted by molar-refractivity contribution is 9.10. The van der Waals surface area contributed by atoms with Gasteiger partial charge in [0.05, 0.1) is 10.5 Å². The van der Waals surface area contributed by atoms with Crippen LogP contribution in [-0.2, 0) is 0 Å². The first kappa shape index (κ1) is 13.5. The molecule has 2 aromatic carbocycles. The van der Waals surface area contributed by atoms with Gasteiger partial charge in [0.25, 0.3) is 0 Å². The zero-order valence-corrected chi connectivity index (χ0v) is 11.5. The first-order chi connectivity index (χ1) is 8.50. The van der Waals surface area contributed by atoms with Gasteiger partial charge in [-0.2, -0.15) is 0 Å². The first-order valence-corrected chi connectivity index (χ1v) is 6.32. The third-order valence-electron chi connectivity index (χ3n) is 2.61.